The normalized spacial score (nSPS) is 10.3. The summed E-state index contributed by atoms with van der Waals surface area (Å²) in [6.45, 7) is 0. The van der Waals surface area contributed by atoms with Gasteiger partial charge in [0.25, 0.3) is 0 Å². The first-order chi connectivity index (χ1) is 19.5. The van der Waals surface area contributed by atoms with E-state index in [0.29, 0.717) is 50.3 Å². The number of nitrogens with zero attached hydrogens (tertiary/aromatic N) is 2. The third kappa shape index (κ3) is 6.25. The molecule has 0 saturated carbocycles. The number of thioether (sulfide) groups is 1. The second-order valence-electron chi connectivity index (χ2n) is 8.44. The maximum atomic E-state index is 12.8. The van der Waals surface area contributed by atoms with E-state index in [0.717, 1.165) is 5.56 Å². The number of carbonyl (C=O) groups excluding carboxylic acids is 2. The minimum absolute atomic E-state index is 0.125. The first-order valence-electron chi connectivity index (χ1n) is 12.3. The van der Waals surface area contributed by atoms with Crippen LogP contribution in [0.1, 0.15) is 22.3 Å². The average Bonchev–Trinajstić information content (AvgIpc) is 3.00. The zero-order chi connectivity index (χ0) is 28.5. The molecule has 3 aromatic carbocycles. The van der Waals surface area contributed by atoms with Gasteiger partial charge in [0.15, 0.2) is 11.5 Å². The van der Waals surface area contributed by atoms with Gasteiger partial charge >= 0.3 is 5.97 Å². The Labute approximate surface area is 236 Å². The Morgan fingerprint density at radius 1 is 0.925 bits per heavy atom. The number of rotatable bonds is 10. The van der Waals surface area contributed by atoms with E-state index in [2.05, 4.69) is 11.4 Å². The number of amides is 1. The van der Waals surface area contributed by atoms with Crippen LogP contribution in [0, 0.1) is 11.3 Å². The lowest BCUT2D eigenvalue weighted by molar-refractivity contribution is -0.115. The number of esters is 1. The second-order valence-corrected chi connectivity index (χ2v) is 9.52. The molecule has 1 heterocycles. The van der Waals surface area contributed by atoms with Crippen molar-refractivity contribution in [3.63, 3.8) is 0 Å². The standard InChI is InChI=1S/C31H27N3O5S/c1-37-27-15-9-13-21(29(27)38-2)23-18-26(20-10-5-4-6-11-20)34-30(24(23)19-32)40-17-16-28(35)33-25-14-8-7-12-22(25)31(36)39-3/h4-15,18H,16-17H2,1-3H3,(H,33,35). The van der Waals surface area contributed by atoms with E-state index in [9.17, 15) is 14.9 Å². The smallest absolute Gasteiger partial charge is 0.339 e. The van der Waals surface area contributed by atoms with Crippen LogP contribution in [0.25, 0.3) is 22.4 Å². The van der Waals surface area contributed by atoms with E-state index < -0.39 is 5.97 Å². The molecule has 4 aromatic rings. The summed E-state index contributed by atoms with van der Waals surface area (Å²) in [6, 6.07) is 26.0. The van der Waals surface area contributed by atoms with E-state index in [-0.39, 0.29) is 17.9 Å². The lowest BCUT2D eigenvalue weighted by Crippen LogP contribution is -2.15. The molecule has 40 heavy (non-hydrogen) atoms. The van der Waals surface area contributed by atoms with Gasteiger partial charge in [-0.25, -0.2) is 9.78 Å². The number of nitrogens with one attached hydrogen (secondary N) is 1. The van der Waals surface area contributed by atoms with Gasteiger partial charge < -0.3 is 19.5 Å². The molecule has 202 valence electrons. The van der Waals surface area contributed by atoms with Gasteiger partial charge in [0.05, 0.1) is 43.8 Å². The fourth-order valence-corrected chi connectivity index (χ4v) is 5.08. The number of aromatic nitrogens is 1. The predicted molar refractivity (Wildman–Crippen MR) is 155 cm³/mol. The van der Waals surface area contributed by atoms with Crippen molar-refractivity contribution in [2.45, 2.75) is 11.4 Å². The van der Waals surface area contributed by atoms with Gasteiger partial charge in [-0.1, -0.05) is 54.6 Å². The highest BCUT2D eigenvalue weighted by atomic mass is 32.2. The molecule has 1 amide bonds. The molecule has 0 aliphatic heterocycles. The van der Waals surface area contributed by atoms with Crippen LogP contribution in [0.3, 0.4) is 0 Å². The molecule has 9 heteroatoms. The summed E-state index contributed by atoms with van der Waals surface area (Å²) >= 11 is 1.31. The van der Waals surface area contributed by atoms with Gasteiger partial charge in [0, 0.05) is 28.9 Å². The number of methoxy groups -OCH3 is 3. The van der Waals surface area contributed by atoms with Gasteiger partial charge in [0.1, 0.15) is 11.1 Å². The first-order valence-corrected chi connectivity index (χ1v) is 13.3. The number of pyridine rings is 1. The first kappa shape index (κ1) is 28.2. The molecule has 0 atom stereocenters. The molecular formula is C31H27N3O5S. The monoisotopic (exact) mass is 553 g/mol. The Morgan fingerprint density at radius 3 is 2.38 bits per heavy atom. The van der Waals surface area contributed by atoms with Crippen LogP contribution < -0.4 is 14.8 Å². The molecule has 0 spiro atoms. The highest BCUT2D eigenvalue weighted by Crippen LogP contribution is 2.42. The molecule has 0 unspecified atom stereocenters. The number of carbonyl (C=O) groups is 2. The Hall–Kier alpha value is -4.81. The maximum Gasteiger partial charge on any atom is 0.339 e. The summed E-state index contributed by atoms with van der Waals surface area (Å²) < 4.78 is 15.9. The number of benzene rings is 3. The highest BCUT2D eigenvalue weighted by Gasteiger charge is 2.21. The molecule has 0 aliphatic rings. The van der Waals surface area contributed by atoms with E-state index in [1.165, 1.54) is 18.9 Å². The SMILES string of the molecule is COC(=O)c1ccccc1NC(=O)CCSc1nc(-c2ccccc2)cc(-c2cccc(OC)c2OC)c1C#N. The van der Waals surface area contributed by atoms with Crippen LogP contribution in [-0.2, 0) is 9.53 Å². The summed E-state index contributed by atoms with van der Waals surface area (Å²) in [5.41, 5.74) is 3.91. The van der Waals surface area contributed by atoms with E-state index in [1.54, 1.807) is 44.6 Å². The summed E-state index contributed by atoms with van der Waals surface area (Å²) in [7, 11) is 4.40. The van der Waals surface area contributed by atoms with Gasteiger partial charge in [-0.3, -0.25) is 4.79 Å². The van der Waals surface area contributed by atoms with Crippen molar-refractivity contribution in [1.29, 1.82) is 5.26 Å². The maximum absolute atomic E-state index is 12.8. The van der Waals surface area contributed by atoms with Gasteiger partial charge in [-0.2, -0.15) is 5.26 Å². The average molecular weight is 554 g/mol. The molecule has 0 radical (unpaired) electrons. The number of anilines is 1. The minimum Gasteiger partial charge on any atom is -0.493 e. The molecule has 0 saturated heterocycles. The van der Waals surface area contributed by atoms with Crippen molar-refractivity contribution in [2.24, 2.45) is 0 Å². The Morgan fingerprint density at radius 2 is 1.68 bits per heavy atom. The van der Waals surface area contributed by atoms with Crippen LogP contribution in [-0.4, -0.2) is 43.9 Å². The molecule has 0 aliphatic carbocycles. The van der Waals surface area contributed by atoms with Gasteiger partial charge in [-0.15, -0.1) is 11.8 Å². The predicted octanol–water partition coefficient (Wildman–Crippen LogP) is 6.21. The van der Waals surface area contributed by atoms with Crippen LogP contribution in [0.2, 0.25) is 0 Å². The Kier molecular flexibility index (Phi) is 9.39. The van der Waals surface area contributed by atoms with Crippen molar-refractivity contribution >= 4 is 29.3 Å². The second kappa shape index (κ2) is 13.3. The fourth-order valence-electron chi connectivity index (χ4n) is 4.14. The third-order valence-corrected chi connectivity index (χ3v) is 7.01. The van der Waals surface area contributed by atoms with Crippen LogP contribution in [0.5, 0.6) is 11.5 Å². The lowest BCUT2D eigenvalue weighted by atomic mass is 9.98. The van der Waals surface area contributed by atoms with Crippen molar-refractivity contribution in [2.75, 3.05) is 32.4 Å². The number of hydrogen-bond acceptors (Lipinski definition) is 8. The van der Waals surface area contributed by atoms with Crippen LogP contribution >= 0.6 is 11.8 Å². The summed E-state index contributed by atoms with van der Waals surface area (Å²) in [5.74, 6) is 0.579. The zero-order valence-electron chi connectivity index (χ0n) is 22.3. The summed E-state index contributed by atoms with van der Waals surface area (Å²) in [4.78, 5) is 29.6. The Balaban J connectivity index is 1.65. The highest BCUT2D eigenvalue weighted by molar-refractivity contribution is 7.99. The molecule has 1 aromatic heterocycles. The number of para-hydroxylation sites is 2. The number of nitriles is 1. The van der Waals surface area contributed by atoms with Crippen LogP contribution in [0.4, 0.5) is 5.69 Å². The molecule has 0 bridgehead atoms. The van der Waals surface area contributed by atoms with Gasteiger partial charge in [-0.05, 0) is 24.3 Å². The third-order valence-electron chi connectivity index (χ3n) is 6.04. The van der Waals surface area contributed by atoms with Crippen molar-refractivity contribution in [1.82, 2.24) is 4.98 Å². The van der Waals surface area contributed by atoms with Crippen molar-refractivity contribution < 1.29 is 23.8 Å². The van der Waals surface area contributed by atoms with Crippen molar-refractivity contribution in [3.8, 4) is 40.0 Å². The molecule has 0 fully saturated rings. The molecule has 8 nitrogen and oxygen atoms in total. The van der Waals surface area contributed by atoms with E-state index in [1.807, 2.05) is 48.5 Å². The molecular weight excluding hydrogens is 526 g/mol. The fraction of sp³-hybridized carbons (Fsp3) is 0.161. The minimum atomic E-state index is -0.536. The molecule has 1 N–H and O–H groups in total. The van der Waals surface area contributed by atoms with Crippen molar-refractivity contribution in [3.05, 3.63) is 90.0 Å². The molecule has 4 rings (SSSR count). The van der Waals surface area contributed by atoms with E-state index in [4.69, 9.17) is 19.2 Å². The summed E-state index contributed by atoms with van der Waals surface area (Å²) in [5, 5.41) is 13.5. The van der Waals surface area contributed by atoms with Gasteiger partial charge in [0.2, 0.25) is 5.91 Å². The Bertz CT molecular complexity index is 1570. The topological polar surface area (TPSA) is 111 Å². The van der Waals surface area contributed by atoms with Crippen LogP contribution in [0.15, 0.2) is 83.9 Å². The van der Waals surface area contributed by atoms with E-state index >= 15 is 0 Å². The number of hydrogen-bond donors (Lipinski definition) is 1. The quantitative estimate of drug-likeness (QED) is 0.182. The number of ether oxygens (including phenoxy) is 3. The zero-order valence-corrected chi connectivity index (χ0v) is 23.1. The largest absolute Gasteiger partial charge is 0.493 e. The summed E-state index contributed by atoms with van der Waals surface area (Å²) in [6.07, 6.45) is 0.125. The lowest BCUT2D eigenvalue weighted by Gasteiger charge is -2.16.